The van der Waals surface area contributed by atoms with Crippen molar-refractivity contribution >= 4 is 11.7 Å². The Kier molecular flexibility index (Phi) is 1.06. The first-order valence-electron chi connectivity index (χ1n) is 3.26. The van der Waals surface area contributed by atoms with Gasteiger partial charge in [-0.3, -0.25) is 4.79 Å². The van der Waals surface area contributed by atoms with Gasteiger partial charge in [-0.05, 0) is 5.56 Å². The SMILES string of the molecule is [N-]=C1NC(=O)c2ccccc21. The molecule has 1 N–H and O–H groups in total. The summed E-state index contributed by atoms with van der Waals surface area (Å²) >= 11 is 0. The normalized spacial score (nSPS) is 14.5. The van der Waals surface area contributed by atoms with E-state index in [-0.39, 0.29) is 11.7 Å². The first kappa shape index (κ1) is 6.09. The summed E-state index contributed by atoms with van der Waals surface area (Å²) < 4.78 is 0. The second-order valence-corrected chi connectivity index (χ2v) is 2.35. The smallest absolute Gasteiger partial charge is 0.176 e. The topological polar surface area (TPSA) is 51.4 Å². The van der Waals surface area contributed by atoms with Gasteiger partial charge in [-0.2, -0.15) is 0 Å². The minimum Gasteiger partial charge on any atom is -0.464 e. The van der Waals surface area contributed by atoms with Crippen molar-refractivity contribution in [2.75, 3.05) is 0 Å². The van der Waals surface area contributed by atoms with Crippen LogP contribution in [0.2, 0.25) is 0 Å². The molecule has 0 unspecified atom stereocenters. The second kappa shape index (κ2) is 1.92. The number of rotatable bonds is 0. The lowest BCUT2D eigenvalue weighted by atomic mass is 10.1. The lowest BCUT2D eigenvalue weighted by Gasteiger charge is -2.00. The van der Waals surface area contributed by atoms with Gasteiger partial charge in [0.15, 0.2) is 5.91 Å². The fourth-order valence-electron chi connectivity index (χ4n) is 1.13. The van der Waals surface area contributed by atoms with Crippen molar-refractivity contribution in [1.82, 2.24) is 5.32 Å². The van der Waals surface area contributed by atoms with Crippen molar-refractivity contribution < 1.29 is 4.79 Å². The molecule has 1 aliphatic heterocycles. The average Bonchev–Trinajstić information content (AvgIpc) is 2.30. The van der Waals surface area contributed by atoms with Gasteiger partial charge >= 0.3 is 0 Å². The van der Waals surface area contributed by atoms with Crippen LogP contribution < -0.4 is 5.32 Å². The quantitative estimate of drug-likeness (QED) is 0.575. The Balaban J connectivity index is 2.69. The van der Waals surface area contributed by atoms with Crippen LogP contribution in [-0.4, -0.2) is 11.7 Å². The molecule has 0 saturated carbocycles. The Bertz CT molecular complexity index is 311. The van der Waals surface area contributed by atoms with Crippen LogP contribution in [0.3, 0.4) is 0 Å². The van der Waals surface area contributed by atoms with Crippen LogP contribution in [0.1, 0.15) is 15.9 Å². The van der Waals surface area contributed by atoms with Crippen molar-refractivity contribution in [2.24, 2.45) is 0 Å². The molecule has 0 spiro atoms. The molecule has 3 nitrogen and oxygen atoms in total. The molecule has 0 bridgehead atoms. The summed E-state index contributed by atoms with van der Waals surface area (Å²) in [4.78, 5) is 11.0. The summed E-state index contributed by atoms with van der Waals surface area (Å²) in [6.07, 6.45) is 0. The fraction of sp³-hybridized carbons (Fsp3) is 0. The van der Waals surface area contributed by atoms with Gasteiger partial charge in [-0.1, -0.05) is 30.1 Å². The summed E-state index contributed by atoms with van der Waals surface area (Å²) in [6.45, 7) is 0. The fourth-order valence-corrected chi connectivity index (χ4v) is 1.13. The van der Waals surface area contributed by atoms with E-state index in [1.165, 1.54) is 0 Å². The third kappa shape index (κ3) is 0.741. The lowest BCUT2D eigenvalue weighted by molar-refractivity contribution is 0.0983. The Morgan fingerprint density at radius 1 is 1.18 bits per heavy atom. The molecular formula is C8H5N2O-. The minimum absolute atomic E-state index is 0.0504. The van der Waals surface area contributed by atoms with E-state index >= 15 is 0 Å². The van der Waals surface area contributed by atoms with Crippen LogP contribution >= 0.6 is 0 Å². The number of amidine groups is 1. The third-order valence-electron chi connectivity index (χ3n) is 1.66. The zero-order valence-corrected chi connectivity index (χ0v) is 5.66. The van der Waals surface area contributed by atoms with Gasteiger partial charge < -0.3 is 10.7 Å². The van der Waals surface area contributed by atoms with Gasteiger partial charge in [-0.25, -0.2) is 0 Å². The molecule has 3 heteroatoms. The van der Waals surface area contributed by atoms with E-state index in [9.17, 15) is 4.79 Å². The highest BCUT2D eigenvalue weighted by Gasteiger charge is 2.14. The van der Waals surface area contributed by atoms with Crippen LogP contribution in [0.5, 0.6) is 0 Å². The summed E-state index contributed by atoms with van der Waals surface area (Å²) in [6, 6.07) is 6.91. The van der Waals surface area contributed by atoms with Crippen molar-refractivity contribution in [2.45, 2.75) is 0 Å². The maximum atomic E-state index is 11.0. The van der Waals surface area contributed by atoms with Crippen molar-refractivity contribution in [1.29, 1.82) is 0 Å². The predicted octanol–water partition coefficient (Wildman–Crippen LogP) is 0.746. The number of nitrogens with zero attached hydrogens (tertiary/aromatic N) is 1. The number of carbonyl (C=O) groups excluding carboxylic acids is 1. The van der Waals surface area contributed by atoms with Crippen LogP contribution in [0.4, 0.5) is 0 Å². The summed E-state index contributed by atoms with van der Waals surface area (Å²) in [5, 5.41) is 11.5. The van der Waals surface area contributed by atoms with E-state index < -0.39 is 0 Å². The molecule has 2 rings (SSSR count). The summed E-state index contributed by atoms with van der Waals surface area (Å²) in [5.74, 6) is -0.288. The van der Waals surface area contributed by atoms with E-state index in [1.54, 1.807) is 24.3 Å². The molecule has 1 aliphatic rings. The Labute approximate surface area is 63.6 Å². The molecule has 1 aromatic carbocycles. The highest BCUT2D eigenvalue weighted by molar-refractivity contribution is 6.24. The molecule has 0 saturated heterocycles. The highest BCUT2D eigenvalue weighted by Crippen LogP contribution is 2.13. The van der Waals surface area contributed by atoms with Crippen molar-refractivity contribution in [3.8, 4) is 0 Å². The Morgan fingerprint density at radius 3 is 2.45 bits per heavy atom. The minimum atomic E-state index is -0.238. The van der Waals surface area contributed by atoms with E-state index in [0.717, 1.165) is 0 Å². The van der Waals surface area contributed by atoms with Gasteiger partial charge in [0.1, 0.15) is 0 Å². The number of hydrogen-bond donors (Lipinski definition) is 1. The zero-order valence-electron chi connectivity index (χ0n) is 5.66. The molecule has 0 radical (unpaired) electrons. The van der Waals surface area contributed by atoms with E-state index in [2.05, 4.69) is 5.32 Å². The maximum absolute atomic E-state index is 11.0. The van der Waals surface area contributed by atoms with Gasteiger partial charge in [0.2, 0.25) is 0 Å². The molecule has 0 aliphatic carbocycles. The standard InChI is InChI=1S/C8H5N2O/c9-7-5-3-1-2-4-6(5)8(11)10-7/h1-4H,(H-,9,10,11)/q-1. The average molecular weight is 145 g/mol. The molecular weight excluding hydrogens is 140 g/mol. The van der Waals surface area contributed by atoms with Gasteiger partial charge in [0.25, 0.3) is 0 Å². The molecule has 0 fully saturated rings. The highest BCUT2D eigenvalue weighted by atomic mass is 16.2. The van der Waals surface area contributed by atoms with Gasteiger partial charge in [-0.15, -0.1) is 0 Å². The van der Waals surface area contributed by atoms with E-state index in [0.29, 0.717) is 11.1 Å². The first-order valence-corrected chi connectivity index (χ1v) is 3.26. The van der Waals surface area contributed by atoms with Crippen LogP contribution in [-0.2, 0) is 0 Å². The molecule has 1 amide bonds. The Hall–Kier alpha value is -1.64. The second-order valence-electron chi connectivity index (χ2n) is 2.35. The maximum Gasteiger partial charge on any atom is 0.176 e. The molecule has 1 heterocycles. The number of amides is 1. The van der Waals surface area contributed by atoms with Crippen molar-refractivity contribution in [3.63, 3.8) is 0 Å². The molecule has 1 aromatic rings. The predicted molar refractivity (Wildman–Crippen MR) is 41.4 cm³/mol. The van der Waals surface area contributed by atoms with Crippen LogP contribution in [0.25, 0.3) is 5.41 Å². The molecule has 54 valence electrons. The number of hydrogen-bond acceptors (Lipinski definition) is 1. The molecule has 11 heavy (non-hydrogen) atoms. The first-order chi connectivity index (χ1) is 5.29. The van der Waals surface area contributed by atoms with Gasteiger partial charge in [0.05, 0.1) is 0 Å². The van der Waals surface area contributed by atoms with Gasteiger partial charge in [0, 0.05) is 5.56 Å². The Morgan fingerprint density at radius 2 is 1.82 bits per heavy atom. The monoisotopic (exact) mass is 145 g/mol. The summed E-state index contributed by atoms with van der Waals surface area (Å²) in [7, 11) is 0. The number of benzene rings is 1. The largest absolute Gasteiger partial charge is 0.464 e. The lowest BCUT2D eigenvalue weighted by Crippen LogP contribution is -2.19. The number of fused-ring (bicyclic) bond motifs is 1. The van der Waals surface area contributed by atoms with E-state index in [4.69, 9.17) is 5.41 Å². The summed E-state index contributed by atoms with van der Waals surface area (Å²) in [5.41, 5.74) is 1.11. The molecule has 0 aromatic heterocycles. The van der Waals surface area contributed by atoms with Crippen molar-refractivity contribution in [3.05, 3.63) is 40.8 Å². The third-order valence-corrected chi connectivity index (χ3v) is 1.66. The number of nitrogens with one attached hydrogen (secondary N) is 1. The van der Waals surface area contributed by atoms with Crippen LogP contribution in [0.15, 0.2) is 24.3 Å². The number of carbonyl (C=O) groups is 1. The van der Waals surface area contributed by atoms with Crippen LogP contribution in [0, 0.1) is 0 Å². The molecule has 0 atom stereocenters. The zero-order chi connectivity index (χ0) is 7.84. The van der Waals surface area contributed by atoms with E-state index in [1.807, 2.05) is 0 Å².